The topological polar surface area (TPSA) is 319 Å². The van der Waals surface area contributed by atoms with E-state index in [0.717, 1.165) is 0 Å². The van der Waals surface area contributed by atoms with Crippen molar-refractivity contribution in [1.82, 2.24) is 0 Å². The fourth-order valence-corrected chi connectivity index (χ4v) is 0.789. The van der Waals surface area contributed by atoms with Gasteiger partial charge in [-0.15, -0.1) is 0 Å². The van der Waals surface area contributed by atoms with Gasteiger partial charge in [0.1, 0.15) is 0 Å². The maximum Gasteiger partial charge on any atom is 2.00 e. The quantitative estimate of drug-likeness (QED) is 0.265. The maximum absolute atomic E-state index is 9.71. The Balaban J connectivity index is -0.0000000686. The van der Waals surface area contributed by atoms with Gasteiger partial charge in [0, 0.05) is 55.3 Å². The SMILES string of the molecule is N[C@@H](CC(=O)[O-])C(=O)[O-].N[C@@H](CC(=O)[O-])C(=O)[O-].N[C@@H](CC(=O)[O-])C(=O)[O-].[Mg+2].[Mg+2].[Mg+2]. The van der Waals surface area contributed by atoms with Gasteiger partial charge in [0.05, 0.1) is 17.9 Å². The van der Waals surface area contributed by atoms with Crippen molar-refractivity contribution in [3.63, 3.8) is 0 Å². The van der Waals surface area contributed by atoms with Crippen molar-refractivity contribution in [2.24, 2.45) is 17.2 Å². The summed E-state index contributed by atoms with van der Waals surface area (Å²) in [6.07, 6.45) is -2.12. The van der Waals surface area contributed by atoms with Crippen LogP contribution in [0.15, 0.2) is 0 Å². The summed E-state index contributed by atoms with van der Waals surface area (Å²) < 4.78 is 0. The molecule has 18 heteroatoms. The smallest absolute Gasteiger partial charge is 0.550 e. The third-order valence-electron chi connectivity index (χ3n) is 2.07. The van der Waals surface area contributed by atoms with Crippen LogP contribution in [0.2, 0.25) is 0 Å². The Morgan fingerprint density at radius 1 is 0.467 bits per heavy atom. The third kappa shape index (κ3) is 34.5. The average Bonchev–Trinajstić information content (AvgIpc) is 2.46. The van der Waals surface area contributed by atoms with E-state index in [0.29, 0.717) is 0 Å². The van der Waals surface area contributed by atoms with E-state index in [9.17, 15) is 59.4 Å². The molecular formula is C12H15Mg3N3O12. The van der Waals surface area contributed by atoms with Crippen LogP contribution in [0.5, 0.6) is 0 Å². The second-order valence-electron chi connectivity index (χ2n) is 4.50. The Morgan fingerprint density at radius 3 is 0.633 bits per heavy atom. The molecule has 3 atom stereocenters. The second-order valence-corrected chi connectivity index (χ2v) is 4.50. The van der Waals surface area contributed by atoms with Crippen LogP contribution in [-0.4, -0.2) is 123 Å². The zero-order valence-electron chi connectivity index (χ0n) is 15.6. The molecule has 0 saturated heterocycles. The van der Waals surface area contributed by atoms with Gasteiger partial charge in [-0.2, -0.15) is 0 Å². The Labute approximate surface area is 217 Å². The predicted molar refractivity (Wildman–Crippen MR) is 85.1 cm³/mol. The molecule has 0 aliphatic carbocycles. The van der Waals surface area contributed by atoms with Crippen LogP contribution in [0.25, 0.3) is 0 Å². The van der Waals surface area contributed by atoms with Gasteiger partial charge < -0.3 is 76.6 Å². The average molecular weight is 466 g/mol. The standard InChI is InChI=1S/3C4H7NO4.3Mg/c3*5-2(4(8)9)1-3(6)7;;;/h3*2H,1,5H2,(H,6,7)(H,8,9);;;/q;;;3*+2/p-6/t3*2-;;;/m000.../s1. The molecule has 0 aliphatic rings. The molecule has 156 valence electrons. The van der Waals surface area contributed by atoms with Crippen molar-refractivity contribution < 1.29 is 59.4 Å². The fourth-order valence-electron chi connectivity index (χ4n) is 0.789. The number of hydrogen-bond acceptors (Lipinski definition) is 15. The van der Waals surface area contributed by atoms with Crippen molar-refractivity contribution >= 4 is 105 Å². The summed E-state index contributed by atoms with van der Waals surface area (Å²) in [5.41, 5.74) is 14.2. The number of rotatable bonds is 9. The molecule has 0 aromatic rings. The minimum Gasteiger partial charge on any atom is -0.550 e. The normalized spacial score (nSPS) is 11.3. The maximum atomic E-state index is 9.71. The predicted octanol–water partition coefficient (Wildman–Crippen LogP) is -12.5. The minimum absolute atomic E-state index is 0. The number of carboxylic acid groups (broad SMARTS) is 6. The monoisotopic (exact) mass is 465 g/mol. The van der Waals surface area contributed by atoms with Crippen LogP contribution in [0.1, 0.15) is 19.3 Å². The molecule has 0 heterocycles. The number of aliphatic carboxylic acids is 6. The molecule has 0 radical (unpaired) electrons. The first kappa shape index (κ1) is 43.0. The first-order valence-electron chi connectivity index (χ1n) is 6.60. The van der Waals surface area contributed by atoms with E-state index in [4.69, 9.17) is 17.2 Å². The van der Waals surface area contributed by atoms with E-state index < -0.39 is 73.2 Å². The van der Waals surface area contributed by atoms with E-state index >= 15 is 0 Å². The van der Waals surface area contributed by atoms with Gasteiger partial charge in [-0.25, -0.2) is 0 Å². The van der Waals surface area contributed by atoms with E-state index in [-0.39, 0.29) is 69.2 Å². The van der Waals surface area contributed by atoms with Gasteiger partial charge in [-0.3, -0.25) is 0 Å². The van der Waals surface area contributed by atoms with E-state index in [1.54, 1.807) is 0 Å². The molecule has 0 aromatic heterocycles. The number of carboxylic acids is 6. The number of hydrogen-bond donors (Lipinski definition) is 3. The summed E-state index contributed by atoms with van der Waals surface area (Å²) in [5.74, 6) is -9.23. The van der Waals surface area contributed by atoms with Gasteiger partial charge in [0.15, 0.2) is 0 Å². The molecule has 0 spiro atoms. The van der Waals surface area contributed by atoms with Crippen molar-refractivity contribution in [1.29, 1.82) is 0 Å². The molecular weight excluding hydrogens is 451 g/mol. The largest absolute Gasteiger partial charge is 2.00 e. The summed E-state index contributed by atoms with van der Waals surface area (Å²) in [7, 11) is 0. The zero-order chi connectivity index (χ0) is 22.3. The Hall–Kier alpha value is -1.00. The summed E-state index contributed by atoms with van der Waals surface area (Å²) >= 11 is 0. The van der Waals surface area contributed by atoms with Gasteiger partial charge in [-0.1, -0.05) is 0 Å². The van der Waals surface area contributed by atoms with Gasteiger partial charge in [0.25, 0.3) is 0 Å². The summed E-state index contributed by atoms with van der Waals surface area (Å²) in [4.78, 5) is 58.0. The molecule has 30 heavy (non-hydrogen) atoms. The van der Waals surface area contributed by atoms with Crippen molar-refractivity contribution in [3.8, 4) is 0 Å². The van der Waals surface area contributed by atoms with E-state index in [1.807, 2.05) is 0 Å². The van der Waals surface area contributed by atoms with Crippen LogP contribution in [-0.2, 0) is 28.8 Å². The number of carbonyl (C=O) groups excluding carboxylic acids is 6. The molecule has 0 bridgehead atoms. The van der Waals surface area contributed by atoms with Crippen LogP contribution in [0.3, 0.4) is 0 Å². The van der Waals surface area contributed by atoms with E-state index in [2.05, 4.69) is 0 Å². The van der Waals surface area contributed by atoms with Crippen LogP contribution in [0, 0.1) is 0 Å². The summed E-state index contributed by atoms with van der Waals surface area (Å²) in [6, 6.07) is -4.39. The Bertz CT molecular complexity index is 488. The van der Waals surface area contributed by atoms with Gasteiger partial charge in [0.2, 0.25) is 0 Å². The molecule has 0 unspecified atom stereocenters. The molecule has 0 aromatic carbocycles. The van der Waals surface area contributed by atoms with Crippen molar-refractivity contribution in [2.75, 3.05) is 0 Å². The summed E-state index contributed by atoms with van der Waals surface area (Å²) in [5, 5.41) is 58.0. The molecule has 0 fully saturated rings. The van der Waals surface area contributed by atoms with E-state index in [1.165, 1.54) is 0 Å². The van der Waals surface area contributed by atoms with Crippen LogP contribution in [0.4, 0.5) is 0 Å². The van der Waals surface area contributed by atoms with Crippen LogP contribution >= 0.6 is 0 Å². The van der Waals surface area contributed by atoms with Gasteiger partial charge in [-0.05, 0) is 0 Å². The Morgan fingerprint density at radius 2 is 0.600 bits per heavy atom. The number of nitrogens with two attached hydrogens (primary N) is 3. The zero-order valence-corrected chi connectivity index (χ0v) is 19.8. The minimum atomic E-state index is -1.58. The molecule has 0 rings (SSSR count). The third-order valence-corrected chi connectivity index (χ3v) is 2.07. The van der Waals surface area contributed by atoms with Crippen LogP contribution < -0.4 is 47.8 Å². The van der Waals surface area contributed by atoms with Crippen molar-refractivity contribution in [3.05, 3.63) is 0 Å². The molecule has 6 N–H and O–H groups in total. The first-order chi connectivity index (χ1) is 12.1. The molecule has 0 aliphatic heterocycles. The van der Waals surface area contributed by atoms with Gasteiger partial charge >= 0.3 is 69.2 Å². The molecule has 0 amide bonds. The number of carbonyl (C=O) groups is 6. The summed E-state index contributed by atoms with van der Waals surface area (Å²) in [6.45, 7) is 0. The first-order valence-corrected chi connectivity index (χ1v) is 6.60. The Kier molecular flexibility index (Phi) is 34.8. The molecule has 0 saturated carbocycles. The van der Waals surface area contributed by atoms with Crippen molar-refractivity contribution in [2.45, 2.75) is 37.4 Å². The second kappa shape index (κ2) is 24.3. The molecule has 15 nitrogen and oxygen atoms in total. The fraction of sp³-hybridized carbons (Fsp3) is 0.500.